The van der Waals surface area contributed by atoms with Crippen LogP contribution in [0.4, 0.5) is 5.69 Å². The molecule has 2 aromatic rings. The van der Waals surface area contributed by atoms with Gasteiger partial charge in [-0.15, -0.1) is 0 Å². The van der Waals surface area contributed by atoms with E-state index in [4.69, 9.17) is 11.6 Å². The highest BCUT2D eigenvalue weighted by Crippen LogP contribution is 2.18. The highest BCUT2D eigenvalue weighted by molar-refractivity contribution is 6.33. The molecule has 0 atom stereocenters. The van der Waals surface area contributed by atoms with Crippen LogP contribution in [-0.4, -0.2) is 16.5 Å². The molecule has 0 amide bonds. The van der Waals surface area contributed by atoms with Crippen molar-refractivity contribution in [2.45, 2.75) is 6.42 Å². The van der Waals surface area contributed by atoms with Gasteiger partial charge in [-0.1, -0.05) is 11.6 Å². The van der Waals surface area contributed by atoms with Gasteiger partial charge in [-0.3, -0.25) is 9.97 Å². The fraction of sp³-hybridized carbons (Fsp3) is 0.167. The van der Waals surface area contributed by atoms with Crippen molar-refractivity contribution in [2.75, 3.05) is 11.9 Å². The molecule has 16 heavy (non-hydrogen) atoms. The predicted octanol–water partition coefficient (Wildman–Crippen LogP) is 2.78. The Kier molecular flexibility index (Phi) is 3.72. The van der Waals surface area contributed by atoms with Crippen LogP contribution < -0.4 is 5.32 Å². The SMILES string of the molecule is Clc1cnccc1NCCc1ccncc1. The summed E-state index contributed by atoms with van der Waals surface area (Å²) >= 11 is 5.97. The fourth-order valence-electron chi connectivity index (χ4n) is 1.41. The molecule has 0 radical (unpaired) electrons. The van der Waals surface area contributed by atoms with Crippen molar-refractivity contribution in [1.82, 2.24) is 9.97 Å². The first-order valence-electron chi connectivity index (χ1n) is 5.08. The van der Waals surface area contributed by atoms with Crippen molar-refractivity contribution in [3.63, 3.8) is 0 Å². The van der Waals surface area contributed by atoms with Gasteiger partial charge >= 0.3 is 0 Å². The zero-order valence-electron chi connectivity index (χ0n) is 8.73. The van der Waals surface area contributed by atoms with E-state index in [-0.39, 0.29) is 0 Å². The molecule has 2 rings (SSSR count). The van der Waals surface area contributed by atoms with Gasteiger partial charge in [-0.25, -0.2) is 0 Å². The van der Waals surface area contributed by atoms with Gasteiger partial charge in [0.1, 0.15) is 0 Å². The Labute approximate surface area is 99.5 Å². The van der Waals surface area contributed by atoms with Crippen LogP contribution in [0.5, 0.6) is 0 Å². The first kappa shape index (κ1) is 10.9. The molecule has 0 saturated heterocycles. The molecule has 1 N–H and O–H groups in total. The minimum atomic E-state index is 0.650. The Morgan fingerprint density at radius 1 is 1.06 bits per heavy atom. The van der Waals surface area contributed by atoms with Crippen molar-refractivity contribution in [3.05, 3.63) is 53.6 Å². The van der Waals surface area contributed by atoms with E-state index >= 15 is 0 Å². The Morgan fingerprint density at radius 3 is 2.56 bits per heavy atom. The topological polar surface area (TPSA) is 37.8 Å². The predicted molar refractivity (Wildman–Crippen MR) is 65.7 cm³/mol. The summed E-state index contributed by atoms with van der Waals surface area (Å²) in [7, 11) is 0. The van der Waals surface area contributed by atoms with E-state index in [9.17, 15) is 0 Å². The number of halogens is 1. The lowest BCUT2D eigenvalue weighted by molar-refractivity contribution is 1.01. The van der Waals surface area contributed by atoms with Gasteiger partial charge in [0.15, 0.2) is 0 Å². The van der Waals surface area contributed by atoms with E-state index in [1.54, 1.807) is 24.8 Å². The van der Waals surface area contributed by atoms with Crippen molar-refractivity contribution in [2.24, 2.45) is 0 Å². The number of hydrogen-bond acceptors (Lipinski definition) is 3. The molecule has 0 bridgehead atoms. The smallest absolute Gasteiger partial charge is 0.0820 e. The van der Waals surface area contributed by atoms with Gasteiger partial charge in [-0.05, 0) is 30.2 Å². The zero-order chi connectivity index (χ0) is 11.2. The molecular formula is C12H12ClN3. The third kappa shape index (κ3) is 2.94. The van der Waals surface area contributed by atoms with E-state index in [0.717, 1.165) is 18.7 Å². The summed E-state index contributed by atoms with van der Waals surface area (Å²) < 4.78 is 0. The minimum absolute atomic E-state index is 0.650. The number of nitrogens with zero attached hydrogens (tertiary/aromatic N) is 2. The second kappa shape index (κ2) is 5.47. The molecular weight excluding hydrogens is 222 g/mol. The van der Waals surface area contributed by atoms with Gasteiger partial charge in [0.25, 0.3) is 0 Å². The van der Waals surface area contributed by atoms with Crippen molar-refractivity contribution >= 4 is 17.3 Å². The standard InChI is InChI=1S/C12H12ClN3/c13-11-9-15-7-4-12(11)16-8-3-10-1-5-14-6-2-10/h1-2,4-7,9H,3,8H2,(H,15,16). The van der Waals surface area contributed by atoms with Gasteiger partial charge in [0, 0.05) is 31.3 Å². The van der Waals surface area contributed by atoms with E-state index in [1.807, 2.05) is 18.2 Å². The molecule has 0 fully saturated rings. The number of anilines is 1. The molecule has 2 aromatic heterocycles. The van der Waals surface area contributed by atoms with Crippen LogP contribution in [0.15, 0.2) is 43.0 Å². The first-order chi connectivity index (χ1) is 7.86. The monoisotopic (exact) mass is 233 g/mol. The van der Waals surface area contributed by atoms with Crippen molar-refractivity contribution in [1.29, 1.82) is 0 Å². The average molecular weight is 234 g/mol. The number of hydrogen-bond donors (Lipinski definition) is 1. The highest BCUT2D eigenvalue weighted by Gasteiger charge is 1.98. The fourth-order valence-corrected chi connectivity index (χ4v) is 1.60. The number of pyridine rings is 2. The maximum atomic E-state index is 5.97. The van der Waals surface area contributed by atoms with Crippen LogP contribution in [0.2, 0.25) is 5.02 Å². The van der Waals surface area contributed by atoms with E-state index in [1.165, 1.54) is 5.56 Å². The third-order valence-corrected chi connectivity index (χ3v) is 2.55. The summed E-state index contributed by atoms with van der Waals surface area (Å²) in [5, 5.41) is 3.92. The summed E-state index contributed by atoms with van der Waals surface area (Å²) in [5.74, 6) is 0. The number of aromatic nitrogens is 2. The lowest BCUT2D eigenvalue weighted by Gasteiger charge is -2.07. The van der Waals surface area contributed by atoms with Crippen LogP contribution in [0, 0.1) is 0 Å². The number of rotatable bonds is 4. The normalized spacial score (nSPS) is 10.1. The summed E-state index contributed by atoms with van der Waals surface area (Å²) in [6, 6.07) is 5.89. The minimum Gasteiger partial charge on any atom is -0.383 e. The molecule has 4 heteroatoms. The van der Waals surface area contributed by atoms with Gasteiger partial charge < -0.3 is 5.32 Å². The Hall–Kier alpha value is -1.61. The summed E-state index contributed by atoms with van der Waals surface area (Å²) in [6.07, 6.45) is 7.90. The molecule has 82 valence electrons. The van der Waals surface area contributed by atoms with Crippen molar-refractivity contribution in [3.8, 4) is 0 Å². The van der Waals surface area contributed by atoms with E-state index in [2.05, 4.69) is 15.3 Å². The first-order valence-corrected chi connectivity index (χ1v) is 5.46. The number of nitrogens with one attached hydrogen (secondary N) is 1. The third-order valence-electron chi connectivity index (χ3n) is 2.25. The van der Waals surface area contributed by atoms with Gasteiger partial charge in [0.2, 0.25) is 0 Å². The summed E-state index contributed by atoms with van der Waals surface area (Å²) in [4.78, 5) is 7.91. The summed E-state index contributed by atoms with van der Waals surface area (Å²) in [5.41, 5.74) is 2.18. The van der Waals surface area contributed by atoms with Crippen LogP contribution in [0.3, 0.4) is 0 Å². The Bertz CT molecular complexity index is 445. The lowest BCUT2D eigenvalue weighted by Crippen LogP contribution is -2.05. The maximum Gasteiger partial charge on any atom is 0.0820 e. The van der Waals surface area contributed by atoms with Crippen LogP contribution in [-0.2, 0) is 6.42 Å². The Balaban J connectivity index is 1.87. The molecule has 0 aliphatic carbocycles. The van der Waals surface area contributed by atoms with Gasteiger partial charge in [0.05, 0.1) is 10.7 Å². The van der Waals surface area contributed by atoms with Gasteiger partial charge in [-0.2, -0.15) is 0 Å². The molecule has 0 aromatic carbocycles. The van der Waals surface area contributed by atoms with Crippen LogP contribution in [0.25, 0.3) is 0 Å². The molecule has 0 aliphatic heterocycles. The largest absolute Gasteiger partial charge is 0.383 e. The van der Waals surface area contributed by atoms with Crippen LogP contribution >= 0.6 is 11.6 Å². The maximum absolute atomic E-state index is 5.97. The second-order valence-corrected chi connectivity index (χ2v) is 3.79. The molecule has 0 spiro atoms. The molecule has 0 saturated carbocycles. The highest BCUT2D eigenvalue weighted by atomic mass is 35.5. The zero-order valence-corrected chi connectivity index (χ0v) is 9.48. The van der Waals surface area contributed by atoms with E-state index < -0.39 is 0 Å². The molecule has 0 aliphatic rings. The van der Waals surface area contributed by atoms with Crippen molar-refractivity contribution < 1.29 is 0 Å². The quantitative estimate of drug-likeness (QED) is 0.883. The van der Waals surface area contributed by atoms with E-state index in [0.29, 0.717) is 5.02 Å². The lowest BCUT2D eigenvalue weighted by atomic mass is 10.2. The van der Waals surface area contributed by atoms with Crippen LogP contribution in [0.1, 0.15) is 5.56 Å². The average Bonchev–Trinajstić information content (AvgIpc) is 2.33. The molecule has 0 unspecified atom stereocenters. The summed E-state index contributed by atoms with van der Waals surface area (Å²) in [6.45, 7) is 0.841. The second-order valence-electron chi connectivity index (χ2n) is 3.39. The molecule has 3 nitrogen and oxygen atoms in total. The Morgan fingerprint density at radius 2 is 1.81 bits per heavy atom. The molecule has 2 heterocycles.